The molecule has 0 bridgehead atoms. The number of benzene rings is 1. The van der Waals surface area contributed by atoms with Gasteiger partial charge in [0.1, 0.15) is 5.82 Å². The second-order valence-electron chi connectivity index (χ2n) is 4.60. The van der Waals surface area contributed by atoms with E-state index in [0.717, 1.165) is 17.8 Å². The first-order valence-corrected chi connectivity index (χ1v) is 7.52. The Kier molecular flexibility index (Phi) is 3.45. The van der Waals surface area contributed by atoms with Crippen LogP contribution in [0.4, 0.5) is 13.2 Å². The highest BCUT2D eigenvalue weighted by molar-refractivity contribution is 7.08. The van der Waals surface area contributed by atoms with Crippen molar-refractivity contribution in [2.24, 2.45) is 0 Å². The lowest BCUT2D eigenvalue weighted by molar-refractivity contribution is -0.137. The van der Waals surface area contributed by atoms with Gasteiger partial charge in [-0.3, -0.25) is 4.57 Å². The number of rotatable bonds is 2. The van der Waals surface area contributed by atoms with E-state index < -0.39 is 17.1 Å². The number of nitrogens with zero attached hydrogens (tertiary/aromatic N) is 2. The molecule has 21 heavy (non-hydrogen) atoms. The molecule has 2 heterocycles. The van der Waals surface area contributed by atoms with E-state index in [1.165, 1.54) is 17.4 Å². The Hall–Kier alpha value is -1.53. The highest BCUT2D eigenvalue weighted by Crippen LogP contribution is 2.34. The summed E-state index contributed by atoms with van der Waals surface area (Å²) in [6, 6.07) is 5.44. The zero-order chi connectivity index (χ0) is 15.2. The molecule has 0 fully saturated rings. The Bertz CT molecular complexity index is 775. The van der Waals surface area contributed by atoms with Gasteiger partial charge in [0.05, 0.1) is 27.7 Å². The van der Waals surface area contributed by atoms with E-state index >= 15 is 0 Å². The first-order valence-electron chi connectivity index (χ1n) is 6.14. The molecule has 0 saturated carbocycles. The first kappa shape index (κ1) is 14.4. The molecule has 0 aliphatic rings. The Labute approximate surface area is 127 Å². The summed E-state index contributed by atoms with van der Waals surface area (Å²) in [7, 11) is 0. The van der Waals surface area contributed by atoms with Crippen molar-refractivity contribution in [3.8, 4) is 5.69 Å². The fourth-order valence-electron chi connectivity index (χ4n) is 2.20. The van der Waals surface area contributed by atoms with E-state index in [1.807, 2.05) is 16.8 Å². The van der Waals surface area contributed by atoms with Gasteiger partial charge in [-0.25, -0.2) is 4.98 Å². The molecular weight excluding hydrogens is 321 g/mol. The molecular formula is C14H10ClF3N2S. The minimum atomic E-state index is -4.38. The number of hydrogen-bond acceptors (Lipinski definition) is 2. The van der Waals surface area contributed by atoms with E-state index in [4.69, 9.17) is 11.6 Å². The van der Waals surface area contributed by atoms with Gasteiger partial charge < -0.3 is 0 Å². The molecule has 1 aromatic carbocycles. The minimum Gasteiger partial charge on any atom is -0.294 e. The molecule has 3 aromatic rings. The molecule has 7 heteroatoms. The summed E-state index contributed by atoms with van der Waals surface area (Å²) < 4.78 is 40.2. The average molecular weight is 331 g/mol. The van der Waals surface area contributed by atoms with Crippen LogP contribution in [0.15, 0.2) is 35.0 Å². The smallest absolute Gasteiger partial charge is 0.294 e. The third-order valence-corrected chi connectivity index (χ3v) is 3.99. The van der Waals surface area contributed by atoms with Crippen LogP contribution in [0.3, 0.4) is 0 Å². The van der Waals surface area contributed by atoms with Crippen molar-refractivity contribution in [3.63, 3.8) is 0 Å². The summed E-state index contributed by atoms with van der Waals surface area (Å²) in [6.45, 7) is 1.75. The second kappa shape index (κ2) is 5.03. The van der Waals surface area contributed by atoms with Gasteiger partial charge in [-0.1, -0.05) is 0 Å². The highest BCUT2D eigenvalue weighted by Gasteiger charge is 2.31. The molecule has 0 aliphatic heterocycles. The fraction of sp³-hybridized carbons (Fsp3) is 0.214. The molecule has 2 aromatic heterocycles. The zero-order valence-corrected chi connectivity index (χ0v) is 12.4. The molecule has 3 rings (SSSR count). The molecule has 0 aliphatic carbocycles. The summed E-state index contributed by atoms with van der Waals surface area (Å²) in [6.07, 6.45) is -4.38. The van der Waals surface area contributed by atoms with Gasteiger partial charge in [0.15, 0.2) is 0 Å². The predicted octanol–water partition coefficient (Wildman–Crippen LogP) is 5.41. The Balaban J connectivity index is 2.28. The standard InChI is InChI=1S/C14H10ClF3N2S/c1-8(15)13-19-11-6-9(14(16,17)18)2-3-12(11)20(13)10-4-5-21-7-10/h2-8H,1H3. The van der Waals surface area contributed by atoms with Gasteiger partial charge in [0.2, 0.25) is 0 Å². The van der Waals surface area contributed by atoms with Crippen molar-refractivity contribution in [2.45, 2.75) is 18.5 Å². The van der Waals surface area contributed by atoms with Crippen LogP contribution in [0, 0.1) is 0 Å². The van der Waals surface area contributed by atoms with Crippen molar-refractivity contribution in [3.05, 3.63) is 46.4 Å². The number of alkyl halides is 4. The molecule has 2 nitrogen and oxygen atoms in total. The quantitative estimate of drug-likeness (QED) is 0.575. The number of aromatic nitrogens is 2. The summed E-state index contributed by atoms with van der Waals surface area (Å²) in [5.41, 5.74) is 1.05. The van der Waals surface area contributed by atoms with Crippen LogP contribution < -0.4 is 0 Å². The van der Waals surface area contributed by atoms with E-state index in [2.05, 4.69) is 4.98 Å². The fourth-order valence-corrected chi connectivity index (χ4v) is 2.96. The monoisotopic (exact) mass is 330 g/mol. The van der Waals surface area contributed by atoms with Gasteiger partial charge >= 0.3 is 6.18 Å². The summed E-state index contributed by atoms with van der Waals surface area (Å²) >= 11 is 7.63. The first-order chi connectivity index (χ1) is 9.88. The number of halogens is 4. The van der Waals surface area contributed by atoms with Crippen LogP contribution in [-0.4, -0.2) is 9.55 Å². The van der Waals surface area contributed by atoms with Gasteiger partial charge in [-0.2, -0.15) is 24.5 Å². The van der Waals surface area contributed by atoms with Crippen LogP contribution in [0.2, 0.25) is 0 Å². The Morgan fingerprint density at radius 3 is 2.62 bits per heavy atom. The summed E-state index contributed by atoms with van der Waals surface area (Å²) in [5.74, 6) is 0.532. The van der Waals surface area contributed by atoms with E-state index in [-0.39, 0.29) is 0 Å². The number of hydrogen-bond donors (Lipinski definition) is 0. The second-order valence-corrected chi connectivity index (χ2v) is 6.04. The number of thiophene rings is 1. The molecule has 0 radical (unpaired) electrons. The third-order valence-electron chi connectivity index (χ3n) is 3.13. The number of fused-ring (bicyclic) bond motifs is 1. The maximum atomic E-state index is 12.8. The average Bonchev–Trinajstić information content (AvgIpc) is 3.03. The van der Waals surface area contributed by atoms with E-state index in [1.54, 1.807) is 11.5 Å². The third kappa shape index (κ3) is 2.53. The summed E-state index contributed by atoms with van der Waals surface area (Å²) in [4.78, 5) is 4.28. The highest BCUT2D eigenvalue weighted by atomic mass is 35.5. The molecule has 0 saturated heterocycles. The van der Waals surface area contributed by atoms with Gasteiger partial charge in [-0.05, 0) is 36.6 Å². The normalized spacial score (nSPS) is 13.8. The van der Waals surface area contributed by atoms with Crippen LogP contribution in [-0.2, 0) is 6.18 Å². The van der Waals surface area contributed by atoms with Gasteiger partial charge in [0, 0.05) is 5.38 Å². The van der Waals surface area contributed by atoms with Gasteiger partial charge in [0.25, 0.3) is 0 Å². The van der Waals surface area contributed by atoms with Crippen molar-refractivity contribution < 1.29 is 13.2 Å². The van der Waals surface area contributed by atoms with Crippen LogP contribution in [0.5, 0.6) is 0 Å². The van der Waals surface area contributed by atoms with Crippen LogP contribution in [0.1, 0.15) is 23.7 Å². The number of imidazole rings is 1. The van der Waals surface area contributed by atoms with Crippen molar-refractivity contribution in [2.75, 3.05) is 0 Å². The van der Waals surface area contributed by atoms with E-state index in [0.29, 0.717) is 16.9 Å². The molecule has 0 spiro atoms. The maximum absolute atomic E-state index is 12.8. The summed E-state index contributed by atoms with van der Waals surface area (Å²) in [5, 5.41) is 3.39. The lowest BCUT2D eigenvalue weighted by Gasteiger charge is -2.09. The van der Waals surface area contributed by atoms with Crippen LogP contribution in [0.25, 0.3) is 16.7 Å². The Morgan fingerprint density at radius 2 is 2.05 bits per heavy atom. The molecule has 1 unspecified atom stereocenters. The predicted molar refractivity (Wildman–Crippen MR) is 78.2 cm³/mol. The largest absolute Gasteiger partial charge is 0.416 e. The lowest BCUT2D eigenvalue weighted by Crippen LogP contribution is -2.04. The van der Waals surface area contributed by atoms with Gasteiger partial charge in [-0.15, -0.1) is 11.6 Å². The molecule has 110 valence electrons. The lowest BCUT2D eigenvalue weighted by atomic mass is 10.2. The zero-order valence-electron chi connectivity index (χ0n) is 10.9. The minimum absolute atomic E-state index is 0.290. The van der Waals surface area contributed by atoms with Crippen LogP contribution >= 0.6 is 22.9 Å². The molecule has 1 atom stereocenters. The molecule has 0 amide bonds. The Morgan fingerprint density at radius 1 is 1.29 bits per heavy atom. The van der Waals surface area contributed by atoms with Crippen molar-refractivity contribution >= 4 is 34.0 Å². The maximum Gasteiger partial charge on any atom is 0.416 e. The van der Waals surface area contributed by atoms with Crippen molar-refractivity contribution in [1.82, 2.24) is 9.55 Å². The van der Waals surface area contributed by atoms with Crippen molar-refractivity contribution in [1.29, 1.82) is 0 Å². The SMILES string of the molecule is CC(Cl)c1nc2cc(C(F)(F)F)ccc2n1-c1ccsc1. The van der Waals surface area contributed by atoms with E-state index in [9.17, 15) is 13.2 Å². The molecule has 0 N–H and O–H groups in total. The topological polar surface area (TPSA) is 17.8 Å².